The van der Waals surface area contributed by atoms with Gasteiger partial charge in [0.05, 0.1) is 10.9 Å². The van der Waals surface area contributed by atoms with E-state index in [0.717, 1.165) is 35.7 Å². The molecule has 0 spiro atoms. The summed E-state index contributed by atoms with van der Waals surface area (Å²) in [7, 11) is 0. The Bertz CT molecular complexity index is 825. The highest BCUT2D eigenvalue weighted by atomic mass is 32.2. The van der Waals surface area contributed by atoms with Crippen LogP contribution >= 0.6 is 11.8 Å². The highest BCUT2D eigenvalue weighted by Crippen LogP contribution is 2.32. The number of nitrogens with one attached hydrogen (secondary N) is 1. The highest BCUT2D eigenvalue weighted by molar-refractivity contribution is 8.00. The van der Waals surface area contributed by atoms with Gasteiger partial charge in [-0.2, -0.15) is 0 Å². The van der Waals surface area contributed by atoms with E-state index in [1.54, 1.807) is 0 Å². The summed E-state index contributed by atoms with van der Waals surface area (Å²) in [5.41, 5.74) is -0.458. The first kappa shape index (κ1) is 20.2. The number of phenols is 1. The Morgan fingerprint density at radius 1 is 1.30 bits per heavy atom. The maximum Gasteiger partial charge on any atom is 0.339 e. The van der Waals surface area contributed by atoms with Gasteiger partial charge in [-0.25, -0.2) is 14.5 Å². The number of carbonyl (C=O) groups is 5. The lowest BCUT2D eigenvalue weighted by Gasteiger charge is -2.17. The number of hydrogen-bond donors (Lipinski definition) is 4. The molecule has 0 radical (unpaired) electrons. The van der Waals surface area contributed by atoms with Crippen LogP contribution in [0.3, 0.4) is 0 Å². The molecule has 144 valence electrons. The van der Waals surface area contributed by atoms with Crippen LogP contribution < -0.4 is 10.2 Å². The molecule has 0 saturated carbocycles. The lowest BCUT2D eigenvalue weighted by Crippen LogP contribution is -2.42. The normalized spacial score (nSPS) is 17.7. The van der Waals surface area contributed by atoms with Gasteiger partial charge in [0.25, 0.3) is 0 Å². The summed E-state index contributed by atoms with van der Waals surface area (Å²) in [5, 5.41) is 29.0. The fourth-order valence-corrected chi connectivity index (χ4v) is 3.63. The summed E-state index contributed by atoms with van der Waals surface area (Å²) < 4.78 is 0. The lowest BCUT2D eigenvalue weighted by molar-refractivity contribution is -0.140. The molecule has 1 heterocycles. The van der Waals surface area contributed by atoms with E-state index in [4.69, 9.17) is 10.2 Å². The minimum atomic E-state index is -1.42. The van der Waals surface area contributed by atoms with Crippen molar-refractivity contribution in [2.75, 3.05) is 10.7 Å². The lowest BCUT2D eigenvalue weighted by atomic mass is 10.1. The van der Waals surface area contributed by atoms with E-state index < -0.39 is 52.3 Å². The Morgan fingerprint density at radius 3 is 2.52 bits per heavy atom. The van der Waals surface area contributed by atoms with Gasteiger partial charge in [0.15, 0.2) is 0 Å². The minimum absolute atomic E-state index is 0.0000504. The monoisotopic (exact) mass is 396 g/mol. The molecule has 2 atom stereocenters. The standard InChI is InChI=1S/C16H16N2O8S/c1-7(19)17-10(16(25)26)6-27-12-5-13(21)18(14(12)22)8-2-3-11(20)9(4-8)15(23)24/h2-4,10,12,20H,5-6H2,1H3,(H,17,19)(H,23,24)(H,25,26). The smallest absolute Gasteiger partial charge is 0.339 e. The third kappa shape index (κ3) is 4.56. The van der Waals surface area contributed by atoms with Crippen molar-refractivity contribution in [1.82, 2.24) is 5.32 Å². The van der Waals surface area contributed by atoms with Crippen molar-refractivity contribution in [2.24, 2.45) is 0 Å². The molecule has 1 saturated heterocycles. The van der Waals surface area contributed by atoms with Crippen LogP contribution in [0.4, 0.5) is 5.69 Å². The number of benzene rings is 1. The Hall–Kier alpha value is -3.08. The number of aromatic hydroxyl groups is 1. The number of hydrogen-bond acceptors (Lipinski definition) is 7. The summed E-state index contributed by atoms with van der Waals surface area (Å²) in [6.07, 6.45) is -0.195. The molecule has 2 unspecified atom stereocenters. The third-order valence-electron chi connectivity index (χ3n) is 3.71. The van der Waals surface area contributed by atoms with Crippen molar-refractivity contribution in [3.63, 3.8) is 0 Å². The third-order valence-corrected chi connectivity index (χ3v) is 5.01. The maximum absolute atomic E-state index is 12.5. The fraction of sp³-hybridized carbons (Fsp3) is 0.312. The van der Waals surface area contributed by atoms with Crippen molar-refractivity contribution in [3.05, 3.63) is 23.8 Å². The predicted octanol–water partition coefficient (Wildman–Crippen LogP) is 0.0448. The second-order valence-corrected chi connectivity index (χ2v) is 6.93. The average Bonchev–Trinajstić information content (AvgIpc) is 2.85. The molecule has 0 aliphatic carbocycles. The molecular weight excluding hydrogens is 380 g/mol. The van der Waals surface area contributed by atoms with Gasteiger partial charge in [-0.3, -0.25) is 14.4 Å². The van der Waals surface area contributed by atoms with Crippen LogP contribution in [0.25, 0.3) is 0 Å². The average molecular weight is 396 g/mol. The molecule has 1 aliphatic rings. The first-order valence-electron chi connectivity index (χ1n) is 7.66. The number of carboxylic acids is 2. The Kier molecular flexibility index (Phi) is 6.05. The van der Waals surface area contributed by atoms with Crippen LogP contribution in [0.2, 0.25) is 0 Å². The van der Waals surface area contributed by atoms with Gasteiger partial charge in [-0.15, -0.1) is 11.8 Å². The van der Waals surface area contributed by atoms with Gasteiger partial charge in [-0.05, 0) is 18.2 Å². The van der Waals surface area contributed by atoms with Gasteiger partial charge in [0.2, 0.25) is 17.7 Å². The maximum atomic E-state index is 12.5. The molecule has 4 N–H and O–H groups in total. The van der Waals surface area contributed by atoms with E-state index in [1.165, 1.54) is 6.07 Å². The number of carboxylic acid groups (broad SMARTS) is 2. The number of aromatic carboxylic acids is 1. The predicted molar refractivity (Wildman–Crippen MR) is 93.7 cm³/mol. The van der Waals surface area contributed by atoms with Crippen molar-refractivity contribution in [3.8, 4) is 5.75 Å². The molecule has 1 aliphatic heterocycles. The number of imide groups is 1. The molecule has 3 amide bonds. The van der Waals surface area contributed by atoms with E-state index >= 15 is 0 Å². The quantitative estimate of drug-likeness (QED) is 0.466. The Balaban J connectivity index is 2.15. The molecule has 27 heavy (non-hydrogen) atoms. The molecule has 11 heteroatoms. The topological polar surface area (TPSA) is 161 Å². The van der Waals surface area contributed by atoms with E-state index in [-0.39, 0.29) is 17.9 Å². The minimum Gasteiger partial charge on any atom is -0.507 e. The zero-order valence-electron chi connectivity index (χ0n) is 14.0. The number of aliphatic carboxylic acids is 1. The van der Waals surface area contributed by atoms with Gasteiger partial charge in [-0.1, -0.05) is 0 Å². The summed E-state index contributed by atoms with van der Waals surface area (Å²) in [6.45, 7) is 1.16. The summed E-state index contributed by atoms with van der Waals surface area (Å²) in [5.74, 6) is -5.05. The fourth-order valence-electron chi connectivity index (χ4n) is 2.47. The Morgan fingerprint density at radius 2 is 1.96 bits per heavy atom. The molecule has 1 aromatic carbocycles. The molecule has 0 bridgehead atoms. The first-order valence-corrected chi connectivity index (χ1v) is 8.71. The summed E-state index contributed by atoms with van der Waals surface area (Å²) in [6, 6.07) is 2.11. The molecule has 1 aromatic rings. The zero-order chi connectivity index (χ0) is 20.3. The molecule has 0 aromatic heterocycles. The van der Waals surface area contributed by atoms with E-state index in [1.807, 2.05) is 0 Å². The van der Waals surface area contributed by atoms with Crippen molar-refractivity contribution < 1.29 is 39.3 Å². The molecule has 1 fully saturated rings. The largest absolute Gasteiger partial charge is 0.507 e. The molecule has 10 nitrogen and oxygen atoms in total. The van der Waals surface area contributed by atoms with Crippen LogP contribution in [-0.4, -0.2) is 62.0 Å². The number of carbonyl (C=O) groups excluding carboxylic acids is 3. The van der Waals surface area contributed by atoms with Crippen LogP contribution in [0.1, 0.15) is 23.7 Å². The van der Waals surface area contributed by atoms with Crippen molar-refractivity contribution in [2.45, 2.75) is 24.6 Å². The van der Waals surface area contributed by atoms with E-state index in [2.05, 4.69) is 5.32 Å². The van der Waals surface area contributed by atoms with E-state index in [9.17, 15) is 29.1 Å². The van der Waals surface area contributed by atoms with Crippen LogP contribution in [0.5, 0.6) is 5.75 Å². The first-order chi connectivity index (χ1) is 12.6. The number of rotatable bonds is 7. The van der Waals surface area contributed by atoms with Gasteiger partial charge in [0.1, 0.15) is 17.4 Å². The zero-order valence-corrected chi connectivity index (χ0v) is 14.9. The van der Waals surface area contributed by atoms with Crippen LogP contribution in [0.15, 0.2) is 18.2 Å². The second-order valence-electron chi connectivity index (χ2n) is 5.69. The number of thioether (sulfide) groups is 1. The van der Waals surface area contributed by atoms with Crippen molar-refractivity contribution in [1.29, 1.82) is 0 Å². The molecular formula is C16H16N2O8S. The summed E-state index contributed by atoms with van der Waals surface area (Å²) >= 11 is 0.913. The van der Waals surface area contributed by atoms with E-state index in [0.29, 0.717) is 0 Å². The van der Waals surface area contributed by atoms with Crippen molar-refractivity contribution >= 4 is 47.1 Å². The number of nitrogens with zero attached hydrogens (tertiary/aromatic N) is 1. The number of amides is 3. The second kappa shape index (κ2) is 8.08. The van der Waals surface area contributed by atoms with Gasteiger partial charge >= 0.3 is 11.9 Å². The Labute approximate surface area is 157 Å². The highest BCUT2D eigenvalue weighted by Gasteiger charge is 2.40. The summed E-state index contributed by atoms with van der Waals surface area (Å²) in [4.78, 5) is 58.8. The molecule has 2 rings (SSSR count). The van der Waals surface area contributed by atoms with Gasteiger partial charge in [0, 0.05) is 19.1 Å². The SMILES string of the molecule is CC(=O)NC(CSC1CC(=O)N(c2ccc(O)c(C(=O)O)c2)C1=O)C(=O)O. The number of anilines is 1. The van der Waals surface area contributed by atoms with Crippen LogP contribution in [-0.2, 0) is 19.2 Å². The van der Waals surface area contributed by atoms with Crippen LogP contribution in [0, 0.1) is 0 Å². The van der Waals surface area contributed by atoms with Gasteiger partial charge < -0.3 is 20.6 Å².